The van der Waals surface area contributed by atoms with E-state index in [1.54, 1.807) is 6.07 Å². The standard InChI is InChI=1S/C10H12BrN3O4/c11-8-5-7(14(16)17)1-2-9(8)13-3-4-18-6-10(12)15/h1-2,5,13H,3-4,6H2,(H2,12,15). The van der Waals surface area contributed by atoms with Gasteiger partial charge < -0.3 is 15.8 Å². The highest BCUT2D eigenvalue weighted by molar-refractivity contribution is 9.10. The molecule has 1 aromatic carbocycles. The third-order valence-electron chi connectivity index (χ3n) is 1.97. The van der Waals surface area contributed by atoms with Crippen LogP contribution in [0.15, 0.2) is 22.7 Å². The van der Waals surface area contributed by atoms with Gasteiger partial charge in [-0.15, -0.1) is 0 Å². The zero-order valence-electron chi connectivity index (χ0n) is 9.39. The number of rotatable bonds is 7. The molecule has 0 saturated heterocycles. The summed E-state index contributed by atoms with van der Waals surface area (Å²) in [6, 6.07) is 4.40. The van der Waals surface area contributed by atoms with Gasteiger partial charge in [0.05, 0.1) is 11.5 Å². The number of carbonyl (C=O) groups excluding carboxylic acids is 1. The van der Waals surface area contributed by atoms with Gasteiger partial charge in [0, 0.05) is 28.8 Å². The van der Waals surface area contributed by atoms with Crippen LogP contribution in [0, 0.1) is 10.1 Å². The van der Waals surface area contributed by atoms with Crippen molar-refractivity contribution >= 4 is 33.2 Å². The van der Waals surface area contributed by atoms with Crippen molar-refractivity contribution in [2.24, 2.45) is 5.73 Å². The molecule has 0 aromatic heterocycles. The van der Waals surface area contributed by atoms with Crippen LogP contribution in [-0.4, -0.2) is 30.6 Å². The van der Waals surface area contributed by atoms with Gasteiger partial charge in [0.1, 0.15) is 6.61 Å². The maximum atomic E-state index is 10.5. The van der Waals surface area contributed by atoms with Crippen molar-refractivity contribution in [2.45, 2.75) is 0 Å². The normalized spacial score (nSPS) is 10.1. The van der Waals surface area contributed by atoms with Crippen LogP contribution in [0.4, 0.5) is 11.4 Å². The quantitative estimate of drug-likeness (QED) is 0.447. The number of carbonyl (C=O) groups is 1. The minimum atomic E-state index is -0.522. The first kappa shape index (κ1) is 14.4. The Hall–Kier alpha value is -1.67. The Kier molecular flexibility index (Phi) is 5.53. The topological polar surface area (TPSA) is 107 Å². The number of nitro groups is 1. The van der Waals surface area contributed by atoms with Crippen LogP contribution in [0.25, 0.3) is 0 Å². The summed E-state index contributed by atoms with van der Waals surface area (Å²) in [4.78, 5) is 20.5. The second-order valence-electron chi connectivity index (χ2n) is 3.37. The number of hydrogen-bond donors (Lipinski definition) is 2. The molecular formula is C10H12BrN3O4. The molecule has 1 amide bonds. The van der Waals surface area contributed by atoms with Gasteiger partial charge in [0.2, 0.25) is 5.91 Å². The third-order valence-corrected chi connectivity index (χ3v) is 2.63. The Bertz CT molecular complexity index is 453. The lowest BCUT2D eigenvalue weighted by atomic mass is 10.3. The lowest BCUT2D eigenvalue weighted by molar-refractivity contribution is -0.384. The molecule has 0 saturated carbocycles. The monoisotopic (exact) mass is 317 g/mol. The lowest BCUT2D eigenvalue weighted by Crippen LogP contribution is -2.20. The van der Waals surface area contributed by atoms with E-state index >= 15 is 0 Å². The molecule has 98 valence electrons. The Balaban J connectivity index is 2.43. The minimum absolute atomic E-state index is 0.0115. The largest absolute Gasteiger partial charge is 0.382 e. The molecule has 0 spiro atoms. The molecule has 3 N–H and O–H groups in total. The number of nitrogens with two attached hydrogens (primary N) is 1. The Labute approximate surface area is 112 Å². The SMILES string of the molecule is NC(=O)COCCNc1ccc([N+](=O)[O-])cc1Br. The number of anilines is 1. The molecule has 0 bridgehead atoms. The summed E-state index contributed by atoms with van der Waals surface area (Å²) in [6.45, 7) is 0.652. The summed E-state index contributed by atoms with van der Waals surface area (Å²) in [5.74, 6) is -0.522. The molecule has 0 atom stereocenters. The fraction of sp³-hybridized carbons (Fsp3) is 0.300. The fourth-order valence-electron chi connectivity index (χ4n) is 1.19. The predicted molar refractivity (Wildman–Crippen MR) is 69.3 cm³/mol. The summed E-state index contributed by atoms with van der Waals surface area (Å²) in [5.41, 5.74) is 5.62. The van der Waals surface area contributed by atoms with Crippen molar-refractivity contribution in [2.75, 3.05) is 25.1 Å². The van der Waals surface area contributed by atoms with Crippen molar-refractivity contribution in [3.63, 3.8) is 0 Å². The fourth-order valence-corrected chi connectivity index (χ4v) is 1.70. The molecule has 8 heteroatoms. The average molecular weight is 318 g/mol. The molecule has 0 unspecified atom stereocenters. The van der Waals surface area contributed by atoms with E-state index in [1.807, 2.05) is 0 Å². The van der Waals surface area contributed by atoms with Crippen molar-refractivity contribution in [1.82, 2.24) is 0 Å². The van der Waals surface area contributed by atoms with Crippen LogP contribution in [0.2, 0.25) is 0 Å². The third kappa shape index (κ3) is 4.68. The zero-order valence-corrected chi connectivity index (χ0v) is 11.0. The number of hydrogen-bond acceptors (Lipinski definition) is 5. The van der Waals surface area contributed by atoms with E-state index < -0.39 is 10.8 Å². The molecule has 0 aliphatic carbocycles. The van der Waals surface area contributed by atoms with Gasteiger partial charge in [-0.05, 0) is 22.0 Å². The molecule has 1 rings (SSSR count). The number of nitrogens with zero attached hydrogens (tertiary/aromatic N) is 1. The van der Waals surface area contributed by atoms with E-state index in [0.29, 0.717) is 23.3 Å². The average Bonchev–Trinajstić information content (AvgIpc) is 2.29. The predicted octanol–water partition coefficient (Wildman–Crippen LogP) is 1.27. The maximum Gasteiger partial charge on any atom is 0.270 e. The second-order valence-corrected chi connectivity index (χ2v) is 4.22. The van der Waals surface area contributed by atoms with Crippen molar-refractivity contribution in [1.29, 1.82) is 0 Å². The molecule has 0 heterocycles. The van der Waals surface area contributed by atoms with Gasteiger partial charge >= 0.3 is 0 Å². The van der Waals surface area contributed by atoms with Crippen LogP contribution in [0.1, 0.15) is 0 Å². The molecule has 0 radical (unpaired) electrons. The van der Waals surface area contributed by atoms with Gasteiger partial charge in [-0.3, -0.25) is 14.9 Å². The van der Waals surface area contributed by atoms with Crippen LogP contribution in [-0.2, 0) is 9.53 Å². The van der Waals surface area contributed by atoms with Gasteiger partial charge in [0.25, 0.3) is 5.69 Å². The van der Waals surface area contributed by atoms with Crippen molar-refractivity contribution in [3.8, 4) is 0 Å². The highest BCUT2D eigenvalue weighted by atomic mass is 79.9. The number of ether oxygens (including phenoxy) is 1. The Morgan fingerprint density at radius 2 is 2.28 bits per heavy atom. The van der Waals surface area contributed by atoms with Gasteiger partial charge in [-0.1, -0.05) is 0 Å². The molecule has 0 aliphatic heterocycles. The van der Waals surface area contributed by atoms with Crippen molar-refractivity contribution in [3.05, 3.63) is 32.8 Å². The van der Waals surface area contributed by atoms with Gasteiger partial charge in [0.15, 0.2) is 0 Å². The Morgan fingerprint density at radius 1 is 1.56 bits per heavy atom. The van der Waals surface area contributed by atoms with E-state index in [2.05, 4.69) is 21.2 Å². The smallest absolute Gasteiger partial charge is 0.270 e. The number of amides is 1. The van der Waals surface area contributed by atoms with E-state index in [-0.39, 0.29) is 12.3 Å². The first-order valence-electron chi connectivity index (χ1n) is 5.04. The minimum Gasteiger partial charge on any atom is -0.382 e. The number of nitrogens with one attached hydrogen (secondary N) is 1. The van der Waals surface area contributed by atoms with E-state index in [4.69, 9.17) is 10.5 Å². The highest BCUT2D eigenvalue weighted by Gasteiger charge is 2.08. The van der Waals surface area contributed by atoms with E-state index in [0.717, 1.165) is 0 Å². The van der Waals surface area contributed by atoms with Crippen LogP contribution in [0.3, 0.4) is 0 Å². The molecule has 18 heavy (non-hydrogen) atoms. The van der Waals surface area contributed by atoms with Gasteiger partial charge in [-0.25, -0.2) is 0 Å². The van der Waals surface area contributed by atoms with Crippen LogP contribution < -0.4 is 11.1 Å². The second kappa shape index (κ2) is 6.92. The van der Waals surface area contributed by atoms with E-state index in [1.165, 1.54) is 12.1 Å². The lowest BCUT2D eigenvalue weighted by Gasteiger charge is -2.08. The molecular weight excluding hydrogens is 306 g/mol. The number of non-ortho nitro benzene ring substituents is 1. The molecule has 0 aliphatic rings. The first-order valence-corrected chi connectivity index (χ1v) is 5.84. The Morgan fingerprint density at radius 3 is 2.83 bits per heavy atom. The summed E-state index contributed by atoms with van der Waals surface area (Å²) >= 11 is 3.23. The number of nitro benzene ring substituents is 1. The van der Waals surface area contributed by atoms with E-state index in [9.17, 15) is 14.9 Å². The summed E-state index contributed by atoms with van der Waals surface area (Å²) in [6.07, 6.45) is 0. The number of primary amides is 1. The molecule has 0 fully saturated rings. The molecule has 1 aromatic rings. The molecule has 7 nitrogen and oxygen atoms in total. The number of halogens is 1. The van der Waals surface area contributed by atoms with Crippen molar-refractivity contribution < 1.29 is 14.5 Å². The zero-order chi connectivity index (χ0) is 13.5. The highest BCUT2D eigenvalue weighted by Crippen LogP contribution is 2.26. The van der Waals surface area contributed by atoms with Gasteiger partial charge in [-0.2, -0.15) is 0 Å². The maximum absolute atomic E-state index is 10.5. The van der Waals surface area contributed by atoms with Crippen LogP contribution >= 0.6 is 15.9 Å². The first-order chi connectivity index (χ1) is 8.50. The summed E-state index contributed by atoms with van der Waals surface area (Å²) < 4.78 is 5.55. The summed E-state index contributed by atoms with van der Waals surface area (Å²) in [7, 11) is 0. The van der Waals surface area contributed by atoms with Crippen LogP contribution in [0.5, 0.6) is 0 Å². The number of benzene rings is 1. The summed E-state index contributed by atoms with van der Waals surface area (Å²) in [5, 5.41) is 13.5.